The molecule has 1 N–H and O–H groups in total. The Labute approximate surface area is 157 Å². The van der Waals surface area contributed by atoms with Gasteiger partial charge >= 0.3 is 0 Å². The van der Waals surface area contributed by atoms with E-state index in [0.29, 0.717) is 10.3 Å². The minimum absolute atomic E-state index is 0.137. The summed E-state index contributed by atoms with van der Waals surface area (Å²) in [5, 5.41) is 6.02. The molecule has 2 heterocycles. The van der Waals surface area contributed by atoms with Gasteiger partial charge in [-0.1, -0.05) is 6.07 Å². The summed E-state index contributed by atoms with van der Waals surface area (Å²) in [5.74, 6) is 0.520. The summed E-state index contributed by atoms with van der Waals surface area (Å²) in [5.41, 5.74) is 4.30. The van der Waals surface area contributed by atoms with Gasteiger partial charge in [-0.15, -0.1) is 11.3 Å². The van der Waals surface area contributed by atoms with Crippen LogP contribution in [0.25, 0.3) is 11.3 Å². The minimum atomic E-state index is -2.53. The molecular formula is C15H13BrClN4OPS. The van der Waals surface area contributed by atoms with E-state index in [4.69, 9.17) is 11.6 Å². The Hall–Kier alpha value is -1.27. The molecule has 24 heavy (non-hydrogen) atoms. The lowest BCUT2D eigenvalue weighted by atomic mass is 10.1. The average Bonchev–Trinajstić information content (AvgIpc) is 3.04. The molecule has 5 nitrogen and oxygen atoms in total. The molecule has 0 unspecified atom stereocenters. The van der Waals surface area contributed by atoms with E-state index < -0.39 is 7.14 Å². The van der Waals surface area contributed by atoms with Crippen molar-refractivity contribution in [1.82, 2.24) is 15.0 Å². The van der Waals surface area contributed by atoms with E-state index in [1.54, 1.807) is 25.0 Å². The largest absolute Gasteiger partial charge is 0.339 e. The first-order valence-electron chi connectivity index (χ1n) is 6.88. The number of benzene rings is 1. The quantitative estimate of drug-likeness (QED) is 0.453. The Morgan fingerprint density at radius 1 is 1.29 bits per heavy atom. The van der Waals surface area contributed by atoms with Crippen molar-refractivity contribution in [3.05, 3.63) is 45.0 Å². The SMILES string of the molecule is CP(C)(=O)c1cc(-c2cscn2)ccc1Nc1nc(Cl)ncc1Br. The fourth-order valence-electron chi connectivity index (χ4n) is 2.16. The fraction of sp³-hybridized carbons (Fsp3) is 0.133. The summed E-state index contributed by atoms with van der Waals surface area (Å²) in [4.78, 5) is 12.4. The molecule has 0 aliphatic rings. The van der Waals surface area contributed by atoms with Gasteiger partial charge in [-0.2, -0.15) is 4.98 Å². The normalized spacial score (nSPS) is 11.5. The molecule has 0 aliphatic heterocycles. The molecule has 0 aliphatic carbocycles. The molecule has 0 saturated heterocycles. The molecule has 3 rings (SSSR count). The van der Waals surface area contributed by atoms with Crippen LogP contribution in [0.3, 0.4) is 0 Å². The number of nitrogens with zero attached hydrogens (tertiary/aromatic N) is 3. The molecule has 2 aromatic heterocycles. The predicted molar refractivity (Wildman–Crippen MR) is 105 cm³/mol. The highest BCUT2D eigenvalue weighted by Crippen LogP contribution is 2.40. The van der Waals surface area contributed by atoms with Gasteiger partial charge in [0.2, 0.25) is 5.28 Å². The first kappa shape index (κ1) is 17.5. The topological polar surface area (TPSA) is 67.8 Å². The van der Waals surface area contributed by atoms with E-state index in [2.05, 4.69) is 36.2 Å². The van der Waals surface area contributed by atoms with E-state index in [1.165, 1.54) is 11.3 Å². The maximum atomic E-state index is 12.8. The van der Waals surface area contributed by atoms with E-state index in [9.17, 15) is 4.57 Å². The third-order valence-electron chi connectivity index (χ3n) is 3.27. The minimum Gasteiger partial charge on any atom is -0.339 e. The second kappa shape index (κ2) is 6.92. The zero-order chi connectivity index (χ0) is 17.3. The van der Waals surface area contributed by atoms with Crippen LogP contribution in [0.4, 0.5) is 11.5 Å². The Morgan fingerprint density at radius 2 is 2.08 bits per heavy atom. The van der Waals surface area contributed by atoms with Gasteiger partial charge in [0.1, 0.15) is 13.0 Å². The standard InChI is InChI=1S/C15H13BrClN4OPS/c1-23(2,22)13-5-9(12-7-24-8-19-12)3-4-11(13)20-14-10(16)6-18-15(17)21-14/h3-8H,1-2H3,(H,18,20,21). The Balaban J connectivity index is 2.07. The number of aromatic nitrogens is 3. The Bertz CT molecular complexity index is 929. The van der Waals surface area contributed by atoms with Gasteiger partial charge < -0.3 is 9.88 Å². The van der Waals surface area contributed by atoms with Gasteiger partial charge in [-0.3, -0.25) is 0 Å². The molecular weight excluding hydrogens is 431 g/mol. The van der Waals surface area contributed by atoms with Crippen molar-refractivity contribution in [2.24, 2.45) is 0 Å². The van der Waals surface area contributed by atoms with Gasteiger partial charge in [-0.05, 0) is 53.0 Å². The molecule has 0 atom stereocenters. The lowest BCUT2D eigenvalue weighted by molar-refractivity contribution is 0.588. The van der Waals surface area contributed by atoms with Crippen molar-refractivity contribution in [2.75, 3.05) is 18.6 Å². The van der Waals surface area contributed by atoms with E-state index in [0.717, 1.165) is 22.2 Å². The number of thiazole rings is 1. The first-order chi connectivity index (χ1) is 11.3. The molecule has 0 bridgehead atoms. The van der Waals surface area contributed by atoms with Crippen LogP contribution < -0.4 is 10.6 Å². The predicted octanol–water partition coefficient (Wildman–Crippen LogP) is 5.01. The van der Waals surface area contributed by atoms with E-state index in [1.807, 2.05) is 23.6 Å². The first-order valence-corrected chi connectivity index (χ1v) is 11.6. The van der Waals surface area contributed by atoms with Crippen LogP contribution in [-0.4, -0.2) is 28.3 Å². The van der Waals surface area contributed by atoms with Crippen molar-refractivity contribution in [3.63, 3.8) is 0 Å². The van der Waals surface area contributed by atoms with Crippen molar-refractivity contribution in [1.29, 1.82) is 0 Å². The Kier molecular flexibility index (Phi) is 5.06. The van der Waals surface area contributed by atoms with Crippen molar-refractivity contribution in [2.45, 2.75) is 0 Å². The van der Waals surface area contributed by atoms with Gasteiger partial charge in [0.15, 0.2) is 0 Å². The van der Waals surface area contributed by atoms with Crippen LogP contribution >= 0.6 is 46.0 Å². The number of hydrogen-bond acceptors (Lipinski definition) is 6. The molecule has 0 radical (unpaired) electrons. The summed E-state index contributed by atoms with van der Waals surface area (Å²) in [7, 11) is -2.53. The summed E-state index contributed by atoms with van der Waals surface area (Å²) in [6.45, 7) is 3.47. The highest BCUT2D eigenvalue weighted by Gasteiger charge is 2.19. The molecule has 0 saturated carbocycles. The Morgan fingerprint density at radius 3 is 2.75 bits per heavy atom. The maximum absolute atomic E-state index is 12.8. The number of hydrogen-bond donors (Lipinski definition) is 1. The highest BCUT2D eigenvalue weighted by molar-refractivity contribution is 9.10. The van der Waals surface area contributed by atoms with E-state index in [-0.39, 0.29) is 5.28 Å². The van der Waals surface area contributed by atoms with Crippen molar-refractivity contribution in [3.8, 4) is 11.3 Å². The summed E-state index contributed by atoms with van der Waals surface area (Å²) < 4.78 is 13.4. The van der Waals surface area contributed by atoms with Crippen molar-refractivity contribution < 1.29 is 4.57 Å². The smallest absolute Gasteiger partial charge is 0.224 e. The molecule has 0 amide bonds. The summed E-state index contributed by atoms with van der Waals surface area (Å²) >= 11 is 10.8. The molecule has 3 aromatic rings. The maximum Gasteiger partial charge on any atom is 0.224 e. The second-order valence-electron chi connectivity index (χ2n) is 5.42. The van der Waals surface area contributed by atoms with Crippen LogP contribution in [0.15, 0.2) is 39.8 Å². The van der Waals surface area contributed by atoms with E-state index >= 15 is 0 Å². The van der Waals surface area contributed by atoms with Crippen LogP contribution in [0.1, 0.15) is 0 Å². The monoisotopic (exact) mass is 442 g/mol. The lowest BCUT2D eigenvalue weighted by Crippen LogP contribution is -2.11. The molecule has 124 valence electrons. The molecule has 0 fully saturated rings. The fourth-order valence-corrected chi connectivity index (χ4v) is 4.30. The average molecular weight is 444 g/mol. The molecule has 0 spiro atoms. The zero-order valence-corrected chi connectivity index (χ0v) is 16.9. The van der Waals surface area contributed by atoms with Gasteiger partial charge in [0, 0.05) is 22.4 Å². The number of anilines is 2. The third-order valence-corrected chi connectivity index (χ3v) is 6.15. The number of rotatable bonds is 4. The van der Waals surface area contributed by atoms with Gasteiger partial charge in [0.25, 0.3) is 0 Å². The van der Waals surface area contributed by atoms with Gasteiger partial charge in [-0.25, -0.2) is 9.97 Å². The van der Waals surface area contributed by atoms with Crippen molar-refractivity contribution >= 4 is 62.8 Å². The van der Waals surface area contributed by atoms with Crippen LogP contribution in [0.5, 0.6) is 0 Å². The number of nitrogens with one attached hydrogen (secondary N) is 1. The zero-order valence-electron chi connectivity index (χ0n) is 12.8. The van der Waals surface area contributed by atoms with Crippen LogP contribution in [0, 0.1) is 0 Å². The second-order valence-corrected chi connectivity index (χ2v) is 10.5. The van der Waals surface area contributed by atoms with Gasteiger partial charge in [0.05, 0.1) is 21.4 Å². The number of halogens is 2. The lowest BCUT2D eigenvalue weighted by Gasteiger charge is -2.16. The third kappa shape index (κ3) is 3.86. The molecule has 9 heteroatoms. The summed E-state index contributed by atoms with van der Waals surface area (Å²) in [6, 6.07) is 5.73. The van der Waals surface area contributed by atoms with Crippen LogP contribution in [0.2, 0.25) is 5.28 Å². The molecule has 1 aromatic carbocycles. The summed E-state index contributed by atoms with van der Waals surface area (Å²) in [6.07, 6.45) is 1.57. The highest BCUT2D eigenvalue weighted by atomic mass is 79.9. The van der Waals surface area contributed by atoms with Crippen LogP contribution in [-0.2, 0) is 4.57 Å².